The summed E-state index contributed by atoms with van der Waals surface area (Å²) < 4.78 is 17.1. The number of hydrogen-bond acceptors (Lipinski definition) is 4. The van der Waals surface area contributed by atoms with E-state index in [0.29, 0.717) is 37.1 Å². The minimum Gasteiger partial charge on any atom is -0.490 e. The Bertz CT molecular complexity index is 479. The summed E-state index contributed by atoms with van der Waals surface area (Å²) in [5.41, 5.74) is 0.119. The average Bonchev–Trinajstić information content (AvgIpc) is 2.54. The van der Waals surface area contributed by atoms with Crippen molar-refractivity contribution in [2.75, 3.05) is 19.8 Å². The maximum Gasteiger partial charge on any atom is 0.335 e. The molecule has 0 saturated heterocycles. The Hall–Kier alpha value is -2.17. The first kappa shape index (κ1) is 18.9. The summed E-state index contributed by atoms with van der Waals surface area (Å²) in [6, 6.07) is 2.95. The van der Waals surface area contributed by atoms with Crippen molar-refractivity contribution in [1.82, 2.24) is 0 Å². The van der Waals surface area contributed by atoms with Crippen LogP contribution in [0.1, 0.15) is 49.9 Å². The Labute approximate surface area is 137 Å². The third-order valence-electron chi connectivity index (χ3n) is 3.12. The molecular weight excluding hydrogens is 296 g/mol. The summed E-state index contributed by atoms with van der Waals surface area (Å²) in [7, 11) is 0. The Balaban J connectivity index is 3.13. The number of rotatable bonds is 12. The highest BCUT2D eigenvalue weighted by atomic mass is 16.5. The van der Waals surface area contributed by atoms with Gasteiger partial charge in [0, 0.05) is 0 Å². The van der Waals surface area contributed by atoms with Crippen molar-refractivity contribution in [3.8, 4) is 17.2 Å². The molecule has 0 amide bonds. The van der Waals surface area contributed by atoms with E-state index in [2.05, 4.69) is 20.4 Å². The van der Waals surface area contributed by atoms with Gasteiger partial charge in [0.25, 0.3) is 0 Å². The van der Waals surface area contributed by atoms with Gasteiger partial charge in [0.1, 0.15) is 6.61 Å². The zero-order valence-corrected chi connectivity index (χ0v) is 14.0. The fourth-order valence-electron chi connectivity index (χ4n) is 1.85. The maximum absolute atomic E-state index is 11.3. The average molecular weight is 322 g/mol. The van der Waals surface area contributed by atoms with Crippen LogP contribution in [-0.4, -0.2) is 30.9 Å². The van der Waals surface area contributed by atoms with Crippen LogP contribution in [0.5, 0.6) is 17.2 Å². The predicted molar refractivity (Wildman–Crippen MR) is 89.9 cm³/mol. The van der Waals surface area contributed by atoms with Crippen LogP contribution in [0.3, 0.4) is 0 Å². The second-order valence-corrected chi connectivity index (χ2v) is 5.11. The van der Waals surface area contributed by atoms with Gasteiger partial charge in [-0.3, -0.25) is 0 Å². The van der Waals surface area contributed by atoms with E-state index in [0.717, 1.165) is 25.7 Å². The molecular formula is C18H26O5. The largest absolute Gasteiger partial charge is 0.490 e. The Morgan fingerprint density at radius 2 is 1.61 bits per heavy atom. The molecule has 0 bridgehead atoms. The molecule has 1 aromatic rings. The number of carboxylic acids is 1. The van der Waals surface area contributed by atoms with Gasteiger partial charge in [0.05, 0.1) is 18.8 Å². The fourth-order valence-corrected chi connectivity index (χ4v) is 1.85. The molecule has 1 rings (SSSR count). The van der Waals surface area contributed by atoms with E-state index in [1.807, 2.05) is 0 Å². The highest BCUT2D eigenvalue weighted by molar-refractivity contribution is 5.89. The number of hydrogen-bond donors (Lipinski definition) is 1. The molecule has 0 radical (unpaired) electrons. The summed E-state index contributed by atoms with van der Waals surface area (Å²) in [5, 5.41) is 9.28. The zero-order valence-electron chi connectivity index (χ0n) is 14.0. The fraction of sp³-hybridized carbons (Fsp3) is 0.500. The van der Waals surface area contributed by atoms with Crippen LogP contribution in [0, 0.1) is 0 Å². The van der Waals surface area contributed by atoms with Crippen LogP contribution in [0.25, 0.3) is 0 Å². The summed E-state index contributed by atoms with van der Waals surface area (Å²) in [4.78, 5) is 11.3. The van der Waals surface area contributed by atoms with Crippen LogP contribution in [0.15, 0.2) is 24.8 Å². The first-order valence-corrected chi connectivity index (χ1v) is 8.04. The van der Waals surface area contributed by atoms with Gasteiger partial charge < -0.3 is 19.3 Å². The molecule has 5 heteroatoms. The van der Waals surface area contributed by atoms with Crippen molar-refractivity contribution < 1.29 is 24.1 Å². The summed E-state index contributed by atoms with van der Waals surface area (Å²) in [5.74, 6) is 0.196. The highest BCUT2D eigenvalue weighted by Crippen LogP contribution is 2.39. The lowest BCUT2D eigenvalue weighted by Gasteiger charge is -2.17. The Morgan fingerprint density at radius 1 is 1.09 bits per heavy atom. The molecule has 0 atom stereocenters. The van der Waals surface area contributed by atoms with Gasteiger partial charge in [-0.15, -0.1) is 0 Å². The summed E-state index contributed by atoms with van der Waals surface area (Å²) in [6.45, 7) is 9.04. The molecule has 0 aliphatic rings. The van der Waals surface area contributed by atoms with Gasteiger partial charge in [-0.2, -0.15) is 0 Å². The Kier molecular flexibility index (Phi) is 8.65. The van der Waals surface area contributed by atoms with Crippen LogP contribution < -0.4 is 14.2 Å². The van der Waals surface area contributed by atoms with E-state index in [-0.39, 0.29) is 5.56 Å². The van der Waals surface area contributed by atoms with Crippen molar-refractivity contribution in [3.05, 3.63) is 30.4 Å². The first-order valence-electron chi connectivity index (χ1n) is 8.04. The van der Waals surface area contributed by atoms with Gasteiger partial charge in [-0.25, -0.2) is 4.79 Å². The molecule has 128 valence electrons. The first-order chi connectivity index (χ1) is 11.1. The highest BCUT2D eigenvalue weighted by Gasteiger charge is 2.18. The SMILES string of the molecule is C=CCOc1c(OCCCC)cc(C(=O)O)cc1OCCCC. The van der Waals surface area contributed by atoms with Crippen molar-refractivity contribution in [2.45, 2.75) is 39.5 Å². The molecule has 0 unspecified atom stereocenters. The van der Waals surface area contributed by atoms with Crippen LogP contribution in [0.4, 0.5) is 0 Å². The Morgan fingerprint density at radius 3 is 2.00 bits per heavy atom. The normalized spacial score (nSPS) is 10.2. The molecule has 0 heterocycles. The van der Waals surface area contributed by atoms with Gasteiger partial charge in [0.2, 0.25) is 5.75 Å². The maximum atomic E-state index is 11.3. The summed E-state index contributed by atoms with van der Waals surface area (Å²) in [6.07, 6.45) is 5.36. The van der Waals surface area contributed by atoms with Crippen molar-refractivity contribution in [2.24, 2.45) is 0 Å². The summed E-state index contributed by atoms with van der Waals surface area (Å²) >= 11 is 0. The third kappa shape index (κ3) is 6.22. The van der Waals surface area contributed by atoms with E-state index in [1.54, 1.807) is 6.08 Å². The van der Waals surface area contributed by atoms with Gasteiger partial charge >= 0.3 is 5.97 Å². The van der Waals surface area contributed by atoms with E-state index in [4.69, 9.17) is 14.2 Å². The van der Waals surface area contributed by atoms with E-state index >= 15 is 0 Å². The quantitative estimate of drug-likeness (QED) is 0.459. The minimum atomic E-state index is -1.03. The number of carbonyl (C=O) groups is 1. The molecule has 0 saturated carbocycles. The monoisotopic (exact) mass is 322 g/mol. The van der Waals surface area contributed by atoms with Crippen molar-refractivity contribution in [3.63, 3.8) is 0 Å². The molecule has 5 nitrogen and oxygen atoms in total. The lowest BCUT2D eigenvalue weighted by Crippen LogP contribution is -2.07. The third-order valence-corrected chi connectivity index (χ3v) is 3.12. The number of ether oxygens (including phenoxy) is 3. The lowest BCUT2D eigenvalue weighted by molar-refractivity contribution is 0.0695. The second kappa shape index (κ2) is 10.5. The van der Waals surface area contributed by atoms with Crippen LogP contribution in [0.2, 0.25) is 0 Å². The van der Waals surface area contributed by atoms with E-state index in [9.17, 15) is 9.90 Å². The lowest BCUT2D eigenvalue weighted by atomic mass is 10.2. The van der Waals surface area contributed by atoms with E-state index < -0.39 is 5.97 Å². The molecule has 23 heavy (non-hydrogen) atoms. The molecule has 0 spiro atoms. The predicted octanol–water partition coefficient (Wildman–Crippen LogP) is 4.31. The van der Waals surface area contributed by atoms with Crippen molar-refractivity contribution >= 4 is 5.97 Å². The van der Waals surface area contributed by atoms with Crippen LogP contribution >= 0.6 is 0 Å². The standard InChI is InChI=1S/C18H26O5/c1-4-7-10-21-15-12-14(18(19)20)13-16(22-11-8-5-2)17(15)23-9-6-3/h6,12-13H,3-5,7-11H2,1-2H3,(H,19,20). The second-order valence-electron chi connectivity index (χ2n) is 5.11. The smallest absolute Gasteiger partial charge is 0.335 e. The molecule has 1 N–H and O–H groups in total. The molecule has 0 aliphatic carbocycles. The number of benzene rings is 1. The number of carboxylic acid groups (broad SMARTS) is 1. The van der Waals surface area contributed by atoms with Gasteiger partial charge in [-0.05, 0) is 25.0 Å². The number of unbranched alkanes of at least 4 members (excludes halogenated alkanes) is 2. The molecule has 1 aromatic carbocycles. The van der Waals surface area contributed by atoms with Gasteiger partial charge in [-0.1, -0.05) is 39.3 Å². The topological polar surface area (TPSA) is 65.0 Å². The van der Waals surface area contributed by atoms with Crippen LogP contribution in [-0.2, 0) is 0 Å². The van der Waals surface area contributed by atoms with E-state index in [1.165, 1.54) is 12.1 Å². The number of aromatic carboxylic acids is 1. The molecule has 0 aromatic heterocycles. The minimum absolute atomic E-state index is 0.119. The molecule has 0 fully saturated rings. The van der Waals surface area contributed by atoms with Gasteiger partial charge in [0.15, 0.2) is 11.5 Å². The zero-order chi connectivity index (χ0) is 17.1. The van der Waals surface area contributed by atoms with Crippen molar-refractivity contribution in [1.29, 1.82) is 0 Å². The molecule has 0 aliphatic heterocycles.